The largest absolute Gasteiger partial charge is 0.289 e. The van der Waals surface area contributed by atoms with Gasteiger partial charge in [0.15, 0.2) is 5.78 Å². The van der Waals surface area contributed by atoms with Crippen LogP contribution >= 0.6 is 15.9 Å². The van der Waals surface area contributed by atoms with Gasteiger partial charge in [-0.1, -0.05) is 64.5 Å². The molecule has 0 N–H and O–H groups in total. The van der Waals surface area contributed by atoms with Crippen LogP contribution in [0.5, 0.6) is 0 Å². The zero-order chi connectivity index (χ0) is 15.1. The van der Waals surface area contributed by atoms with E-state index in [2.05, 4.69) is 46.3 Å². The smallest absolute Gasteiger partial charge is 0.193 e. The van der Waals surface area contributed by atoms with Crippen molar-refractivity contribution in [3.63, 3.8) is 0 Å². The van der Waals surface area contributed by atoms with Crippen molar-refractivity contribution in [2.24, 2.45) is 0 Å². The Balaban J connectivity index is 1.74. The SMILES string of the molecule is O=C(c1cccc(Br)c1)c1ccc2c(c1)Cc1ccccc1-2. The predicted octanol–water partition coefficient (Wildman–Crippen LogP) is 5.25. The number of benzene rings is 3. The fourth-order valence-electron chi connectivity index (χ4n) is 3.08. The Bertz CT molecular complexity index is 896. The molecule has 3 aromatic carbocycles. The molecule has 3 aromatic rings. The van der Waals surface area contributed by atoms with Gasteiger partial charge in [0, 0.05) is 15.6 Å². The summed E-state index contributed by atoms with van der Waals surface area (Å²) in [6.07, 6.45) is 0.908. The van der Waals surface area contributed by atoms with Crippen LogP contribution in [0.1, 0.15) is 27.0 Å². The number of rotatable bonds is 2. The third kappa shape index (κ3) is 2.20. The molecule has 1 aliphatic carbocycles. The third-order valence-corrected chi connectivity index (χ3v) is 4.64. The highest BCUT2D eigenvalue weighted by atomic mass is 79.9. The van der Waals surface area contributed by atoms with E-state index in [0.29, 0.717) is 5.56 Å². The van der Waals surface area contributed by atoms with E-state index in [4.69, 9.17) is 0 Å². The zero-order valence-corrected chi connectivity index (χ0v) is 13.4. The average Bonchev–Trinajstić information content (AvgIpc) is 2.91. The van der Waals surface area contributed by atoms with Gasteiger partial charge in [0.2, 0.25) is 0 Å². The summed E-state index contributed by atoms with van der Waals surface area (Å²) in [7, 11) is 0. The Kier molecular flexibility index (Phi) is 3.20. The lowest BCUT2D eigenvalue weighted by molar-refractivity contribution is 0.103. The van der Waals surface area contributed by atoms with Gasteiger partial charge in [-0.05, 0) is 46.9 Å². The molecule has 1 aliphatic rings. The molecular formula is C20H13BrO. The van der Waals surface area contributed by atoms with E-state index < -0.39 is 0 Å². The van der Waals surface area contributed by atoms with E-state index in [0.717, 1.165) is 16.5 Å². The van der Waals surface area contributed by atoms with E-state index in [1.54, 1.807) is 0 Å². The fraction of sp³-hybridized carbons (Fsp3) is 0.0500. The number of hydrogen-bond acceptors (Lipinski definition) is 1. The van der Waals surface area contributed by atoms with Crippen molar-refractivity contribution in [3.05, 3.63) is 93.5 Å². The summed E-state index contributed by atoms with van der Waals surface area (Å²) in [5.74, 6) is 0.0695. The number of halogens is 1. The van der Waals surface area contributed by atoms with E-state index in [1.807, 2.05) is 36.4 Å². The van der Waals surface area contributed by atoms with Crippen LogP contribution in [0.15, 0.2) is 71.2 Å². The summed E-state index contributed by atoms with van der Waals surface area (Å²) in [6, 6.07) is 22.0. The number of hydrogen-bond donors (Lipinski definition) is 0. The van der Waals surface area contributed by atoms with Crippen LogP contribution in [0.25, 0.3) is 11.1 Å². The van der Waals surface area contributed by atoms with Crippen LogP contribution in [0.4, 0.5) is 0 Å². The minimum Gasteiger partial charge on any atom is -0.289 e. The summed E-state index contributed by atoms with van der Waals surface area (Å²) in [4.78, 5) is 12.7. The quantitative estimate of drug-likeness (QED) is 0.452. The molecule has 0 heterocycles. The van der Waals surface area contributed by atoms with E-state index in [1.165, 1.54) is 22.3 Å². The van der Waals surface area contributed by atoms with Crippen LogP contribution in [0.3, 0.4) is 0 Å². The van der Waals surface area contributed by atoms with Gasteiger partial charge in [0.25, 0.3) is 0 Å². The van der Waals surface area contributed by atoms with Crippen molar-refractivity contribution in [2.45, 2.75) is 6.42 Å². The lowest BCUT2D eigenvalue weighted by Gasteiger charge is -2.05. The molecule has 0 amide bonds. The zero-order valence-electron chi connectivity index (χ0n) is 11.8. The van der Waals surface area contributed by atoms with Crippen molar-refractivity contribution >= 4 is 21.7 Å². The first-order valence-corrected chi connectivity index (χ1v) is 8.03. The second-order valence-electron chi connectivity index (χ2n) is 5.55. The topological polar surface area (TPSA) is 17.1 Å². The maximum Gasteiger partial charge on any atom is 0.193 e. The van der Waals surface area contributed by atoms with Gasteiger partial charge >= 0.3 is 0 Å². The van der Waals surface area contributed by atoms with Crippen LogP contribution in [0, 0.1) is 0 Å². The first kappa shape index (κ1) is 13.5. The van der Waals surface area contributed by atoms with Crippen molar-refractivity contribution in [1.82, 2.24) is 0 Å². The first-order chi connectivity index (χ1) is 10.7. The summed E-state index contributed by atoms with van der Waals surface area (Å²) in [5.41, 5.74) is 6.58. The van der Waals surface area contributed by atoms with Gasteiger partial charge in [-0.3, -0.25) is 4.79 Å². The van der Waals surface area contributed by atoms with Crippen molar-refractivity contribution in [3.8, 4) is 11.1 Å². The van der Waals surface area contributed by atoms with Gasteiger partial charge in [0.05, 0.1) is 0 Å². The van der Waals surface area contributed by atoms with Crippen molar-refractivity contribution in [2.75, 3.05) is 0 Å². The molecule has 0 atom stereocenters. The van der Waals surface area contributed by atoms with Gasteiger partial charge in [0.1, 0.15) is 0 Å². The second kappa shape index (κ2) is 5.22. The molecular weight excluding hydrogens is 336 g/mol. The molecule has 106 valence electrons. The predicted molar refractivity (Wildman–Crippen MR) is 92.3 cm³/mol. The molecule has 0 saturated heterocycles. The molecule has 0 fully saturated rings. The summed E-state index contributed by atoms with van der Waals surface area (Å²) < 4.78 is 0.923. The summed E-state index contributed by atoms with van der Waals surface area (Å²) >= 11 is 3.42. The Morgan fingerprint density at radius 1 is 0.773 bits per heavy atom. The van der Waals surface area contributed by atoms with E-state index in [9.17, 15) is 4.79 Å². The third-order valence-electron chi connectivity index (χ3n) is 4.14. The average molecular weight is 349 g/mol. The Labute approximate surface area is 137 Å². The Morgan fingerprint density at radius 3 is 2.41 bits per heavy atom. The molecule has 2 heteroatoms. The van der Waals surface area contributed by atoms with Crippen LogP contribution in [-0.2, 0) is 6.42 Å². The molecule has 4 rings (SSSR count). The maximum absolute atomic E-state index is 12.7. The highest BCUT2D eigenvalue weighted by Crippen LogP contribution is 2.37. The maximum atomic E-state index is 12.7. The number of fused-ring (bicyclic) bond motifs is 3. The molecule has 0 aliphatic heterocycles. The molecule has 0 spiro atoms. The summed E-state index contributed by atoms with van der Waals surface area (Å²) in [5, 5.41) is 0. The number of carbonyl (C=O) groups excluding carboxylic acids is 1. The number of ketones is 1. The molecule has 0 unspecified atom stereocenters. The second-order valence-corrected chi connectivity index (χ2v) is 6.46. The highest BCUT2D eigenvalue weighted by molar-refractivity contribution is 9.10. The Morgan fingerprint density at radius 2 is 1.55 bits per heavy atom. The lowest BCUT2D eigenvalue weighted by Crippen LogP contribution is -2.01. The van der Waals surface area contributed by atoms with Crippen LogP contribution in [-0.4, -0.2) is 5.78 Å². The molecule has 0 radical (unpaired) electrons. The van der Waals surface area contributed by atoms with Gasteiger partial charge < -0.3 is 0 Å². The van der Waals surface area contributed by atoms with Gasteiger partial charge in [-0.2, -0.15) is 0 Å². The lowest BCUT2D eigenvalue weighted by atomic mass is 9.98. The molecule has 0 bridgehead atoms. The minimum absolute atomic E-state index is 0.0695. The van der Waals surface area contributed by atoms with Crippen LogP contribution in [0.2, 0.25) is 0 Å². The van der Waals surface area contributed by atoms with Crippen molar-refractivity contribution in [1.29, 1.82) is 0 Å². The van der Waals surface area contributed by atoms with Crippen LogP contribution < -0.4 is 0 Å². The molecule has 1 nitrogen and oxygen atoms in total. The Hall–Kier alpha value is -2.19. The standard InChI is InChI=1S/C20H13BrO/c21-17-6-3-5-14(12-17)20(22)15-8-9-19-16(11-15)10-13-4-1-2-7-18(13)19/h1-9,11-12H,10H2. The molecule has 0 aromatic heterocycles. The normalized spacial score (nSPS) is 11.9. The highest BCUT2D eigenvalue weighted by Gasteiger charge is 2.19. The van der Waals surface area contributed by atoms with Gasteiger partial charge in [-0.25, -0.2) is 0 Å². The first-order valence-electron chi connectivity index (χ1n) is 7.24. The van der Waals surface area contributed by atoms with E-state index in [-0.39, 0.29) is 5.78 Å². The molecule has 0 saturated carbocycles. The monoisotopic (exact) mass is 348 g/mol. The fourth-order valence-corrected chi connectivity index (χ4v) is 3.48. The van der Waals surface area contributed by atoms with E-state index >= 15 is 0 Å². The summed E-state index contributed by atoms with van der Waals surface area (Å²) in [6.45, 7) is 0. The minimum atomic E-state index is 0.0695. The molecule has 22 heavy (non-hydrogen) atoms. The number of carbonyl (C=O) groups is 1. The van der Waals surface area contributed by atoms with Gasteiger partial charge in [-0.15, -0.1) is 0 Å². The van der Waals surface area contributed by atoms with Crippen molar-refractivity contribution < 1.29 is 4.79 Å².